The van der Waals surface area contributed by atoms with E-state index in [0.29, 0.717) is 49.4 Å². The van der Waals surface area contributed by atoms with Gasteiger partial charge in [-0.3, -0.25) is 15.6 Å². The summed E-state index contributed by atoms with van der Waals surface area (Å²) in [6.45, 7) is 1.37. The highest BCUT2D eigenvalue weighted by atomic mass is 35.5. The van der Waals surface area contributed by atoms with Gasteiger partial charge in [-0.2, -0.15) is 0 Å². The van der Waals surface area contributed by atoms with Gasteiger partial charge < -0.3 is 10.1 Å². The van der Waals surface area contributed by atoms with Gasteiger partial charge in [0, 0.05) is 29.1 Å². The number of fused-ring (bicyclic) bond motifs is 1. The lowest BCUT2D eigenvalue weighted by Gasteiger charge is -2.15. The van der Waals surface area contributed by atoms with Crippen LogP contribution in [0.2, 0.25) is 10.0 Å². The molecule has 9 heteroatoms. The molecule has 1 saturated heterocycles. The van der Waals surface area contributed by atoms with Crippen LogP contribution in [-0.4, -0.2) is 35.3 Å². The molecule has 1 aromatic heterocycles. The summed E-state index contributed by atoms with van der Waals surface area (Å²) in [7, 11) is 0. The second kappa shape index (κ2) is 9.78. The average molecular weight is 475 g/mol. The molecule has 2 aromatic carbocycles. The van der Waals surface area contributed by atoms with Crippen LogP contribution in [0, 0.1) is 0 Å². The predicted octanol–water partition coefficient (Wildman–Crippen LogP) is 4.50. The number of carbonyl (C=O) groups is 1. The molecule has 1 aliphatic rings. The van der Waals surface area contributed by atoms with Crippen molar-refractivity contribution in [3.63, 3.8) is 0 Å². The number of rotatable bonds is 4. The number of ether oxygens (including phenoxy) is 1. The van der Waals surface area contributed by atoms with Gasteiger partial charge in [0.15, 0.2) is 5.11 Å². The van der Waals surface area contributed by atoms with Gasteiger partial charge in [0.25, 0.3) is 5.91 Å². The lowest BCUT2D eigenvalue weighted by molar-refractivity contribution is 0.0944. The highest BCUT2D eigenvalue weighted by Crippen LogP contribution is 2.31. The summed E-state index contributed by atoms with van der Waals surface area (Å²) in [6, 6.07) is 14.3. The zero-order valence-corrected chi connectivity index (χ0v) is 18.8. The van der Waals surface area contributed by atoms with Gasteiger partial charge in [-0.15, -0.1) is 0 Å². The molecular weight excluding hydrogens is 455 g/mol. The number of amides is 1. The molecule has 160 valence electrons. The molecule has 2 heterocycles. The number of benzene rings is 2. The van der Waals surface area contributed by atoms with Gasteiger partial charge in [0.1, 0.15) is 0 Å². The summed E-state index contributed by atoms with van der Waals surface area (Å²) in [6.07, 6.45) is 2.20. The van der Waals surface area contributed by atoms with Gasteiger partial charge in [-0.05, 0) is 55.4 Å². The minimum Gasteiger partial charge on any atom is -0.376 e. The summed E-state index contributed by atoms with van der Waals surface area (Å²) in [5.74, 6) is -0.341. The van der Waals surface area contributed by atoms with E-state index >= 15 is 0 Å². The molecule has 0 bridgehead atoms. The van der Waals surface area contributed by atoms with E-state index in [0.717, 1.165) is 19.4 Å². The van der Waals surface area contributed by atoms with Crippen LogP contribution >= 0.6 is 35.4 Å². The van der Waals surface area contributed by atoms with Crippen molar-refractivity contribution in [2.24, 2.45) is 0 Å². The Bertz CT molecular complexity index is 1140. The zero-order valence-electron chi connectivity index (χ0n) is 16.5. The number of thiocarbonyl (C=S) groups is 1. The SMILES string of the molecule is O=C(NNC(=S)NC[C@@H]1CCCO1)c1cc(-c2ccc(Cl)cc2Cl)nc2ccccc12. The highest BCUT2D eigenvalue weighted by Gasteiger charge is 2.17. The molecule has 4 rings (SSSR count). The lowest BCUT2D eigenvalue weighted by Crippen LogP contribution is -2.48. The normalized spacial score (nSPS) is 15.6. The van der Waals surface area contributed by atoms with E-state index in [9.17, 15) is 4.79 Å². The number of halogens is 2. The fourth-order valence-corrected chi connectivity index (χ4v) is 4.08. The second-order valence-electron chi connectivity index (χ2n) is 7.12. The van der Waals surface area contributed by atoms with Crippen molar-refractivity contribution in [3.8, 4) is 11.3 Å². The largest absolute Gasteiger partial charge is 0.376 e. The van der Waals surface area contributed by atoms with Crippen LogP contribution in [0.3, 0.4) is 0 Å². The van der Waals surface area contributed by atoms with Crippen molar-refractivity contribution < 1.29 is 9.53 Å². The van der Waals surface area contributed by atoms with Crippen LogP contribution in [0.5, 0.6) is 0 Å². The molecule has 0 saturated carbocycles. The number of aromatic nitrogens is 1. The standard InChI is InChI=1S/C22H20Cl2N4O2S/c23-13-7-8-16(18(24)10-13)20-11-17(15-5-1-2-6-19(15)26-20)21(29)27-28-22(31)25-12-14-4-3-9-30-14/h1-2,5-8,10-11,14H,3-4,9,12H2,(H,27,29)(H2,25,28,31)/t14-/m0/s1. The maximum atomic E-state index is 13.0. The highest BCUT2D eigenvalue weighted by molar-refractivity contribution is 7.80. The molecule has 3 aromatic rings. The van der Waals surface area contributed by atoms with Crippen LogP contribution in [0.1, 0.15) is 23.2 Å². The van der Waals surface area contributed by atoms with Crippen LogP contribution in [0.25, 0.3) is 22.2 Å². The van der Waals surface area contributed by atoms with Gasteiger partial charge in [0.2, 0.25) is 0 Å². The topological polar surface area (TPSA) is 75.3 Å². The number of hydrazine groups is 1. The van der Waals surface area contributed by atoms with Crippen molar-refractivity contribution in [2.45, 2.75) is 18.9 Å². The zero-order chi connectivity index (χ0) is 21.8. The maximum Gasteiger partial charge on any atom is 0.270 e. The lowest BCUT2D eigenvalue weighted by atomic mass is 10.0. The third-order valence-electron chi connectivity index (χ3n) is 4.97. The molecule has 1 atom stereocenters. The second-order valence-corrected chi connectivity index (χ2v) is 8.37. The number of para-hydroxylation sites is 1. The Morgan fingerprint density at radius 2 is 2.00 bits per heavy atom. The first kappa shape index (κ1) is 21.8. The van der Waals surface area contributed by atoms with Crippen LogP contribution < -0.4 is 16.2 Å². The first-order valence-electron chi connectivity index (χ1n) is 9.82. The minimum absolute atomic E-state index is 0.145. The Morgan fingerprint density at radius 1 is 1.16 bits per heavy atom. The maximum absolute atomic E-state index is 13.0. The molecule has 0 unspecified atom stereocenters. The van der Waals surface area contributed by atoms with Crippen molar-refractivity contribution >= 4 is 57.3 Å². The van der Waals surface area contributed by atoms with Crippen molar-refractivity contribution in [1.82, 2.24) is 21.2 Å². The predicted molar refractivity (Wildman–Crippen MR) is 127 cm³/mol. The number of pyridine rings is 1. The van der Waals surface area contributed by atoms with E-state index in [-0.39, 0.29) is 12.0 Å². The molecule has 0 radical (unpaired) electrons. The first-order valence-corrected chi connectivity index (χ1v) is 11.0. The Kier molecular flexibility index (Phi) is 6.87. The van der Waals surface area contributed by atoms with Crippen LogP contribution in [0.4, 0.5) is 0 Å². The van der Waals surface area contributed by atoms with Crippen LogP contribution in [-0.2, 0) is 4.74 Å². The molecule has 1 amide bonds. The van der Waals surface area contributed by atoms with Crippen LogP contribution in [0.15, 0.2) is 48.5 Å². The summed E-state index contributed by atoms with van der Waals surface area (Å²) in [5, 5.41) is 5.08. The van der Waals surface area contributed by atoms with E-state index in [1.807, 2.05) is 24.3 Å². The van der Waals surface area contributed by atoms with Gasteiger partial charge in [-0.25, -0.2) is 4.98 Å². The Hall–Kier alpha value is -2.45. The number of hydrogen-bond acceptors (Lipinski definition) is 4. The monoisotopic (exact) mass is 474 g/mol. The smallest absolute Gasteiger partial charge is 0.270 e. The van der Waals surface area contributed by atoms with E-state index in [1.54, 1.807) is 24.3 Å². The van der Waals surface area contributed by atoms with Crippen molar-refractivity contribution in [1.29, 1.82) is 0 Å². The van der Waals surface area contributed by atoms with E-state index in [4.69, 9.17) is 40.2 Å². The summed E-state index contributed by atoms with van der Waals surface area (Å²) in [4.78, 5) is 17.6. The Balaban J connectivity index is 1.54. The molecule has 0 spiro atoms. The molecule has 0 aliphatic carbocycles. The van der Waals surface area contributed by atoms with Gasteiger partial charge in [-0.1, -0.05) is 41.4 Å². The number of nitrogens with one attached hydrogen (secondary N) is 3. The van der Waals surface area contributed by atoms with E-state index in [1.165, 1.54) is 0 Å². The minimum atomic E-state index is -0.341. The summed E-state index contributed by atoms with van der Waals surface area (Å²) >= 11 is 17.6. The first-order chi connectivity index (χ1) is 15.0. The third-order valence-corrected chi connectivity index (χ3v) is 5.77. The number of carbonyl (C=O) groups excluding carboxylic acids is 1. The summed E-state index contributed by atoms with van der Waals surface area (Å²) < 4.78 is 5.56. The van der Waals surface area contributed by atoms with Crippen molar-refractivity contribution in [2.75, 3.05) is 13.2 Å². The summed E-state index contributed by atoms with van der Waals surface area (Å²) in [5.41, 5.74) is 7.79. The Labute approximate surface area is 195 Å². The molecule has 3 N–H and O–H groups in total. The molecular formula is C22H20Cl2N4O2S. The quantitative estimate of drug-likeness (QED) is 0.381. The molecule has 31 heavy (non-hydrogen) atoms. The molecule has 1 fully saturated rings. The third kappa shape index (κ3) is 5.25. The molecule has 1 aliphatic heterocycles. The number of nitrogens with zero attached hydrogens (tertiary/aromatic N) is 1. The fraction of sp³-hybridized carbons (Fsp3) is 0.227. The van der Waals surface area contributed by atoms with E-state index in [2.05, 4.69) is 21.2 Å². The van der Waals surface area contributed by atoms with E-state index < -0.39 is 0 Å². The number of hydrogen-bond donors (Lipinski definition) is 3. The molecule has 6 nitrogen and oxygen atoms in total. The van der Waals surface area contributed by atoms with Gasteiger partial charge in [0.05, 0.1) is 27.9 Å². The average Bonchev–Trinajstić information content (AvgIpc) is 3.29. The Morgan fingerprint density at radius 3 is 2.77 bits per heavy atom. The van der Waals surface area contributed by atoms with Crippen molar-refractivity contribution in [3.05, 3.63) is 64.1 Å². The van der Waals surface area contributed by atoms with Gasteiger partial charge >= 0.3 is 0 Å². The fourth-order valence-electron chi connectivity index (χ4n) is 3.44.